The molecule has 2 rings (SSSR count). The third kappa shape index (κ3) is 2.44. The van der Waals surface area contributed by atoms with Gasteiger partial charge in [0.25, 0.3) is 0 Å². The summed E-state index contributed by atoms with van der Waals surface area (Å²) in [5.74, 6) is 0.852. The number of aromatic nitrogens is 2. The number of nitrogens with zero attached hydrogens (tertiary/aromatic N) is 2. The summed E-state index contributed by atoms with van der Waals surface area (Å²) >= 11 is 6.15. The Kier molecular flexibility index (Phi) is 3.38. The molecule has 1 aromatic carbocycles. The van der Waals surface area contributed by atoms with Gasteiger partial charge in [-0.3, -0.25) is 4.57 Å². The number of imidazole rings is 1. The number of hydrogen-bond donors (Lipinski definition) is 1. The fourth-order valence-corrected chi connectivity index (χ4v) is 1.88. The van der Waals surface area contributed by atoms with Crippen LogP contribution in [-0.4, -0.2) is 16.1 Å². The Bertz CT molecular complexity index is 531. The quantitative estimate of drug-likeness (QED) is 0.901. The van der Waals surface area contributed by atoms with E-state index in [9.17, 15) is 0 Å². The first-order chi connectivity index (χ1) is 8.11. The second-order valence-electron chi connectivity index (χ2n) is 4.04. The molecule has 0 atom stereocenters. The van der Waals surface area contributed by atoms with Gasteiger partial charge < -0.3 is 5.32 Å². The van der Waals surface area contributed by atoms with Crippen molar-refractivity contribution in [1.82, 2.24) is 9.55 Å². The van der Waals surface area contributed by atoms with Gasteiger partial charge in [-0.2, -0.15) is 0 Å². The second-order valence-corrected chi connectivity index (χ2v) is 4.45. The van der Waals surface area contributed by atoms with E-state index in [1.165, 1.54) is 0 Å². The number of rotatable bonds is 3. The molecular weight excluding hydrogens is 234 g/mol. The highest BCUT2D eigenvalue weighted by atomic mass is 35.5. The monoisotopic (exact) mass is 249 g/mol. The van der Waals surface area contributed by atoms with Crippen LogP contribution in [0.2, 0.25) is 5.02 Å². The van der Waals surface area contributed by atoms with Crippen LogP contribution >= 0.6 is 11.6 Å². The molecule has 0 aliphatic carbocycles. The van der Waals surface area contributed by atoms with Crippen molar-refractivity contribution >= 4 is 17.5 Å². The summed E-state index contributed by atoms with van der Waals surface area (Å²) in [6.07, 6.45) is 2.00. The molecule has 1 N–H and O–H groups in total. The molecule has 4 heteroatoms. The van der Waals surface area contributed by atoms with Crippen molar-refractivity contribution in [2.75, 3.05) is 11.9 Å². The molecule has 0 saturated carbocycles. The van der Waals surface area contributed by atoms with Crippen LogP contribution in [-0.2, 0) is 0 Å². The average molecular weight is 250 g/mol. The average Bonchev–Trinajstić information content (AvgIpc) is 2.64. The van der Waals surface area contributed by atoms with E-state index in [2.05, 4.69) is 17.2 Å². The Morgan fingerprint density at radius 3 is 2.76 bits per heavy atom. The molecule has 2 aromatic rings. The first-order valence-corrected chi connectivity index (χ1v) is 6.06. The van der Waals surface area contributed by atoms with E-state index in [0.29, 0.717) is 0 Å². The maximum Gasteiger partial charge on any atom is 0.207 e. The van der Waals surface area contributed by atoms with Crippen LogP contribution < -0.4 is 5.32 Å². The minimum atomic E-state index is 0.774. The SMILES string of the molecule is CCNc1nc(C)cn1-c1ccc(C)c(Cl)c1. The molecule has 0 fully saturated rings. The Hall–Kier alpha value is -1.48. The van der Waals surface area contributed by atoms with Crippen molar-refractivity contribution in [2.24, 2.45) is 0 Å². The molecule has 3 nitrogen and oxygen atoms in total. The van der Waals surface area contributed by atoms with E-state index in [0.717, 1.165) is 34.5 Å². The fraction of sp³-hybridized carbons (Fsp3) is 0.308. The lowest BCUT2D eigenvalue weighted by Gasteiger charge is -2.09. The predicted molar refractivity (Wildman–Crippen MR) is 72.2 cm³/mol. The molecule has 0 radical (unpaired) electrons. The molecule has 17 heavy (non-hydrogen) atoms. The molecule has 0 bridgehead atoms. The van der Waals surface area contributed by atoms with Crippen LogP contribution in [0, 0.1) is 13.8 Å². The maximum atomic E-state index is 6.15. The smallest absolute Gasteiger partial charge is 0.207 e. The summed E-state index contributed by atoms with van der Waals surface area (Å²) in [5, 5.41) is 4.01. The minimum absolute atomic E-state index is 0.774. The first-order valence-electron chi connectivity index (χ1n) is 5.68. The Balaban J connectivity index is 2.47. The van der Waals surface area contributed by atoms with Gasteiger partial charge in [0.15, 0.2) is 0 Å². The molecular formula is C13H16ClN3. The van der Waals surface area contributed by atoms with Crippen molar-refractivity contribution in [1.29, 1.82) is 0 Å². The maximum absolute atomic E-state index is 6.15. The molecule has 90 valence electrons. The third-order valence-electron chi connectivity index (χ3n) is 2.59. The first kappa shape index (κ1) is 12.0. The largest absolute Gasteiger partial charge is 0.356 e. The van der Waals surface area contributed by atoms with Crippen LogP contribution in [0.15, 0.2) is 24.4 Å². The lowest BCUT2D eigenvalue weighted by atomic mass is 10.2. The van der Waals surface area contributed by atoms with E-state index in [1.54, 1.807) is 0 Å². The van der Waals surface area contributed by atoms with Crippen LogP contribution in [0.1, 0.15) is 18.2 Å². The van der Waals surface area contributed by atoms with Gasteiger partial charge in [-0.15, -0.1) is 0 Å². The number of aryl methyl sites for hydroxylation is 2. The van der Waals surface area contributed by atoms with Gasteiger partial charge in [-0.05, 0) is 38.5 Å². The predicted octanol–water partition coefficient (Wildman–Crippen LogP) is 3.57. The topological polar surface area (TPSA) is 29.9 Å². The van der Waals surface area contributed by atoms with Gasteiger partial charge in [-0.1, -0.05) is 17.7 Å². The Labute approximate surface area is 106 Å². The van der Waals surface area contributed by atoms with E-state index in [4.69, 9.17) is 11.6 Å². The zero-order chi connectivity index (χ0) is 12.4. The number of halogens is 1. The molecule has 0 spiro atoms. The Morgan fingerprint density at radius 1 is 1.35 bits per heavy atom. The van der Waals surface area contributed by atoms with Gasteiger partial charge in [0, 0.05) is 23.5 Å². The van der Waals surface area contributed by atoms with Crippen LogP contribution in [0.4, 0.5) is 5.95 Å². The molecule has 0 amide bonds. The molecule has 1 heterocycles. The van der Waals surface area contributed by atoms with Gasteiger partial charge >= 0.3 is 0 Å². The van der Waals surface area contributed by atoms with Crippen molar-refractivity contribution < 1.29 is 0 Å². The van der Waals surface area contributed by atoms with Crippen LogP contribution in [0.25, 0.3) is 5.69 Å². The molecule has 0 saturated heterocycles. The zero-order valence-corrected chi connectivity index (χ0v) is 11.0. The molecule has 0 aliphatic rings. The van der Waals surface area contributed by atoms with E-state index >= 15 is 0 Å². The third-order valence-corrected chi connectivity index (χ3v) is 3.00. The van der Waals surface area contributed by atoms with Crippen molar-refractivity contribution in [3.63, 3.8) is 0 Å². The standard InChI is InChI=1S/C13H16ClN3/c1-4-15-13-16-10(3)8-17(13)11-6-5-9(2)12(14)7-11/h5-8H,4H2,1-3H3,(H,15,16). The highest BCUT2D eigenvalue weighted by Gasteiger charge is 2.07. The van der Waals surface area contributed by atoms with Gasteiger partial charge in [0.2, 0.25) is 5.95 Å². The van der Waals surface area contributed by atoms with E-state index < -0.39 is 0 Å². The molecule has 0 aliphatic heterocycles. The highest BCUT2D eigenvalue weighted by Crippen LogP contribution is 2.22. The number of anilines is 1. The van der Waals surface area contributed by atoms with Gasteiger partial charge in [0.1, 0.15) is 0 Å². The van der Waals surface area contributed by atoms with E-state index in [1.807, 2.05) is 42.8 Å². The summed E-state index contributed by atoms with van der Waals surface area (Å²) in [6, 6.07) is 6.02. The normalized spacial score (nSPS) is 10.6. The summed E-state index contributed by atoms with van der Waals surface area (Å²) in [6.45, 7) is 6.87. The van der Waals surface area contributed by atoms with Gasteiger partial charge in [0.05, 0.1) is 5.69 Å². The van der Waals surface area contributed by atoms with Crippen LogP contribution in [0.3, 0.4) is 0 Å². The number of hydrogen-bond acceptors (Lipinski definition) is 2. The van der Waals surface area contributed by atoms with Crippen molar-refractivity contribution in [2.45, 2.75) is 20.8 Å². The zero-order valence-electron chi connectivity index (χ0n) is 10.3. The summed E-state index contributed by atoms with van der Waals surface area (Å²) < 4.78 is 2.02. The fourth-order valence-electron chi connectivity index (χ4n) is 1.71. The second kappa shape index (κ2) is 4.80. The minimum Gasteiger partial charge on any atom is -0.356 e. The van der Waals surface area contributed by atoms with Crippen LogP contribution in [0.5, 0.6) is 0 Å². The number of nitrogens with one attached hydrogen (secondary N) is 1. The summed E-state index contributed by atoms with van der Waals surface area (Å²) in [4.78, 5) is 4.44. The molecule has 1 aromatic heterocycles. The highest BCUT2D eigenvalue weighted by molar-refractivity contribution is 6.31. The van der Waals surface area contributed by atoms with Gasteiger partial charge in [-0.25, -0.2) is 4.98 Å². The lowest BCUT2D eigenvalue weighted by Crippen LogP contribution is -2.04. The molecule has 0 unspecified atom stereocenters. The van der Waals surface area contributed by atoms with Crippen molar-refractivity contribution in [3.8, 4) is 5.69 Å². The lowest BCUT2D eigenvalue weighted by molar-refractivity contribution is 1.02. The number of benzene rings is 1. The summed E-state index contributed by atoms with van der Waals surface area (Å²) in [7, 11) is 0. The van der Waals surface area contributed by atoms with E-state index in [-0.39, 0.29) is 0 Å². The van der Waals surface area contributed by atoms with Crippen molar-refractivity contribution in [3.05, 3.63) is 40.7 Å². The Morgan fingerprint density at radius 2 is 2.12 bits per heavy atom. The summed E-state index contributed by atoms with van der Waals surface area (Å²) in [5.41, 5.74) is 3.09.